The molecule has 0 saturated heterocycles. The summed E-state index contributed by atoms with van der Waals surface area (Å²) in [4.78, 5) is 0. The van der Waals surface area contributed by atoms with Crippen LogP contribution in [0.15, 0.2) is 18.2 Å². The van der Waals surface area contributed by atoms with Crippen LogP contribution in [-0.2, 0) is 0 Å². The first-order valence-electron chi connectivity index (χ1n) is 9.03. The highest BCUT2D eigenvalue weighted by Crippen LogP contribution is 2.34. The van der Waals surface area contributed by atoms with Gasteiger partial charge in [0.25, 0.3) is 0 Å². The second-order valence-electron chi connectivity index (χ2n) is 6.83. The summed E-state index contributed by atoms with van der Waals surface area (Å²) in [5.74, 6) is 0.817. The molecule has 1 saturated carbocycles. The van der Waals surface area contributed by atoms with Crippen LogP contribution in [0.4, 0.5) is 0 Å². The van der Waals surface area contributed by atoms with Gasteiger partial charge in [0, 0.05) is 6.04 Å². The lowest BCUT2D eigenvalue weighted by Crippen LogP contribution is -2.30. The van der Waals surface area contributed by atoms with Crippen molar-refractivity contribution in [1.29, 1.82) is 0 Å². The van der Waals surface area contributed by atoms with Crippen molar-refractivity contribution in [2.24, 2.45) is 5.92 Å². The van der Waals surface area contributed by atoms with Gasteiger partial charge >= 0.3 is 0 Å². The molecule has 2 rings (SSSR count). The van der Waals surface area contributed by atoms with Crippen LogP contribution in [0, 0.1) is 19.8 Å². The minimum atomic E-state index is 0.558. The molecule has 1 aromatic rings. The van der Waals surface area contributed by atoms with E-state index in [4.69, 9.17) is 0 Å². The Morgan fingerprint density at radius 1 is 1.05 bits per heavy atom. The molecule has 1 heteroatoms. The highest BCUT2D eigenvalue weighted by Gasteiger charge is 2.24. The molecule has 0 aromatic heterocycles. The van der Waals surface area contributed by atoms with Crippen LogP contribution >= 0.6 is 0 Å². The van der Waals surface area contributed by atoms with Crippen molar-refractivity contribution in [2.45, 2.75) is 78.2 Å². The molecule has 0 radical (unpaired) electrons. The van der Waals surface area contributed by atoms with Crippen molar-refractivity contribution in [2.75, 3.05) is 6.54 Å². The lowest BCUT2D eigenvalue weighted by Gasteiger charge is -2.31. The zero-order valence-electron chi connectivity index (χ0n) is 14.3. The Kier molecular flexibility index (Phi) is 6.76. The molecule has 0 aliphatic heterocycles. The van der Waals surface area contributed by atoms with E-state index < -0.39 is 0 Å². The number of benzene rings is 1. The molecule has 1 N–H and O–H groups in total. The molecule has 0 amide bonds. The summed E-state index contributed by atoms with van der Waals surface area (Å²) in [6, 6.07) is 7.40. The fourth-order valence-electron chi connectivity index (χ4n) is 3.76. The third-order valence-corrected chi connectivity index (χ3v) is 5.22. The zero-order chi connectivity index (χ0) is 15.1. The highest BCUT2D eigenvalue weighted by molar-refractivity contribution is 5.35. The van der Waals surface area contributed by atoms with Crippen LogP contribution in [0.25, 0.3) is 0 Å². The molecule has 1 fully saturated rings. The predicted molar refractivity (Wildman–Crippen MR) is 92.8 cm³/mol. The number of rotatable bonds is 5. The maximum absolute atomic E-state index is 3.87. The van der Waals surface area contributed by atoms with Crippen LogP contribution in [0.1, 0.15) is 81.0 Å². The average molecular weight is 287 g/mol. The molecule has 0 heterocycles. The monoisotopic (exact) mass is 287 g/mol. The average Bonchev–Trinajstić information content (AvgIpc) is 2.44. The van der Waals surface area contributed by atoms with E-state index in [1.54, 1.807) is 5.56 Å². The Balaban J connectivity index is 2.21. The molecule has 118 valence electrons. The van der Waals surface area contributed by atoms with Gasteiger partial charge in [0.1, 0.15) is 0 Å². The van der Waals surface area contributed by atoms with Gasteiger partial charge in [0.2, 0.25) is 0 Å². The predicted octanol–water partition coefficient (Wildman–Crippen LogP) is 5.70. The van der Waals surface area contributed by atoms with Gasteiger partial charge in [-0.15, -0.1) is 0 Å². The summed E-state index contributed by atoms with van der Waals surface area (Å²) in [5, 5.41) is 3.87. The van der Waals surface area contributed by atoms with Crippen molar-refractivity contribution >= 4 is 0 Å². The van der Waals surface area contributed by atoms with E-state index in [-0.39, 0.29) is 0 Å². The Morgan fingerprint density at radius 3 is 2.38 bits per heavy atom. The molecule has 0 bridgehead atoms. The molecule has 1 aliphatic rings. The SMILES string of the molecule is CCCNC(c1cccc(C)c1C)C1CCCCCCC1. The summed E-state index contributed by atoms with van der Waals surface area (Å²) in [6.07, 6.45) is 11.2. The summed E-state index contributed by atoms with van der Waals surface area (Å²) in [6.45, 7) is 7.95. The molecular weight excluding hydrogens is 254 g/mol. The second kappa shape index (κ2) is 8.58. The molecule has 1 aliphatic carbocycles. The van der Waals surface area contributed by atoms with Crippen LogP contribution < -0.4 is 5.32 Å². The lowest BCUT2D eigenvalue weighted by molar-refractivity contribution is 0.288. The van der Waals surface area contributed by atoms with E-state index in [0.717, 1.165) is 12.5 Å². The van der Waals surface area contributed by atoms with Crippen molar-refractivity contribution in [3.05, 3.63) is 34.9 Å². The number of hydrogen-bond acceptors (Lipinski definition) is 1. The van der Waals surface area contributed by atoms with Gasteiger partial charge < -0.3 is 5.32 Å². The summed E-state index contributed by atoms with van der Waals surface area (Å²) >= 11 is 0. The minimum absolute atomic E-state index is 0.558. The molecular formula is C20H33N. The van der Waals surface area contributed by atoms with Crippen molar-refractivity contribution in [3.63, 3.8) is 0 Å². The smallest absolute Gasteiger partial charge is 0.0351 e. The van der Waals surface area contributed by atoms with E-state index in [0.29, 0.717) is 6.04 Å². The summed E-state index contributed by atoms with van der Waals surface area (Å²) < 4.78 is 0. The standard InChI is InChI=1S/C20H33N/c1-4-15-21-20(18-12-8-6-5-7-9-13-18)19-14-10-11-16(2)17(19)3/h10-11,14,18,20-21H,4-9,12-13,15H2,1-3H3. The first-order chi connectivity index (χ1) is 10.2. The third-order valence-electron chi connectivity index (χ3n) is 5.22. The Morgan fingerprint density at radius 2 is 1.71 bits per heavy atom. The first kappa shape index (κ1) is 16.5. The van der Waals surface area contributed by atoms with Crippen molar-refractivity contribution in [3.8, 4) is 0 Å². The Labute approximate surface area is 131 Å². The zero-order valence-corrected chi connectivity index (χ0v) is 14.3. The number of hydrogen-bond donors (Lipinski definition) is 1. The molecule has 1 atom stereocenters. The van der Waals surface area contributed by atoms with E-state index >= 15 is 0 Å². The largest absolute Gasteiger partial charge is 0.310 e. The molecule has 1 nitrogen and oxygen atoms in total. The number of aryl methyl sites for hydroxylation is 1. The van der Waals surface area contributed by atoms with Crippen molar-refractivity contribution in [1.82, 2.24) is 5.32 Å². The van der Waals surface area contributed by atoms with Gasteiger partial charge in [-0.05, 0) is 62.3 Å². The summed E-state index contributed by atoms with van der Waals surface area (Å²) in [7, 11) is 0. The van der Waals surface area contributed by atoms with Crippen LogP contribution in [-0.4, -0.2) is 6.54 Å². The van der Waals surface area contributed by atoms with E-state index in [1.165, 1.54) is 62.5 Å². The topological polar surface area (TPSA) is 12.0 Å². The van der Waals surface area contributed by atoms with Crippen LogP contribution in [0.2, 0.25) is 0 Å². The fraction of sp³-hybridized carbons (Fsp3) is 0.700. The third kappa shape index (κ3) is 4.57. The Bertz CT molecular complexity index is 416. The van der Waals surface area contributed by atoms with E-state index in [2.05, 4.69) is 44.3 Å². The molecule has 0 spiro atoms. The molecule has 1 unspecified atom stereocenters. The van der Waals surface area contributed by atoms with Crippen LogP contribution in [0.3, 0.4) is 0 Å². The van der Waals surface area contributed by atoms with Crippen LogP contribution in [0.5, 0.6) is 0 Å². The minimum Gasteiger partial charge on any atom is -0.310 e. The quantitative estimate of drug-likeness (QED) is 0.732. The van der Waals surface area contributed by atoms with Gasteiger partial charge in [0.15, 0.2) is 0 Å². The molecule has 21 heavy (non-hydrogen) atoms. The maximum atomic E-state index is 3.87. The van der Waals surface area contributed by atoms with Gasteiger partial charge in [0.05, 0.1) is 0 Å². The normalized spacial score (nSPS) is 19.0. The highest BCUT2D eigenvalue weighted by atomic mass is 14.9. The first-order valence-corrected chi connectivity index (χ1v) is 9.03. The second-order valence-corrected chi connectivity index (χ2v) is 6.83. The molecule has 1 aromatic carbocycles. The van der Waals surface area contributed by atoms with Gasteiger partial charge in [-0.1, -0.05) is 57.2 Å². The number of nitrogens with one attached hydrogen (secondary N) is 1. The van der Waals surface area contributed by atoms with E-state index in [9.17, 15) is 0 Å². The van der Waals surface area contributed by atoms with Gasteiger partial charge in [-0.25, -0.2) is 0 Å². The van der Waals surface area contributed by atoms with Gasteiger partial charge in [-0.3, -0.25) is 0 Å². The van der Waals surface area contributed by atoms with Gasteiger partial charge in [-0.2, -0.15) is 0 Å². The summed E-state index contributed by atoms with van der Waals surface area (Å²) in [5.41, 5.74) is 4.48. The van der Waals surface area contributed by atoms with Crippen molar-refractivity contribution < 1.29 is 0 Å². The maximum Gasteiger partial charge on any atom is 0.0351 e. The Hall–Kier alpha value is -0.820. The lowest BCUT2D eigenvalue weighted by atomic mass is 9.81. The fourth-order valence-corrected chi connectivity index (χ4v) is 3.76. The van der Waals surface area contributed by atoms with E-state index in [1.807, 2.05) is 0 Å².